The van der Waals surface area contributed by atoms with Crippen LogP contribution in [-0.4, -0.2) is 20.7 Å². The van der Waals surface area contributed by atoms with Crippen LogP contribution in [0.4, 0.5) is 5.69 Å². The zero-order chi connectivity index (χ0) is 14.9. The number of nitrogens with one attached hydrogen (secondary N) is 1. The van der Waals surface area contributed by atoms with Gasteiger partial charge in [0.25, 0.3) is 0 Å². The Bertz CT molecular complexity index is 667. The van der Waals surface area contributed by atoms with Crippen LogP contribution in [0.15, 0.2) is 36.8 Å². The molecule has 2 saturated carbocycles. The Morgan fingerprint density at radius 2 is 2.23 bits per heavy atom. The summed E-state index contributed by atoms with van der Waals surface area (Å²) in [5.41, 5.74) is 0.722. The average Bonchev–Trinajstić information content (AvgIpc) is 3.25. The zero-order valence-corrected chi connectivity index (χ0v) is 12.5. The highest BCUT2D eigenvalue weighted by Crippen LogP contribution is 2.49. The third kappa shape index (κ3) is 2.51. The first kappa shape index (κ1) is 13.5. The molecule has 0 aromatic carbocycles. The Hall–Kier alpha value is -2.17. The van der Waals surface area contributed by atoms with E-state index in [0.29, 0.717) is 18.2 Å². The van der Waals surface area contributed by atoms with Crippen LogP contribution in [-0.2, 0) is 4.79 Å². The summed E-state index contributed by atoms with van der Waals surface area (Å²) in [7, 11) is 0. The van der Waals surface area contributed by atoms with Gasteiger partial charge in [0.1, 0.15) is 0 Å². The number of hydrogen-bond donors (Lipinski definition) is 1. The molecule has 5 heteroatoms. The summed E-state index contributed by atoms with van der Waals surface area (Å²) in [5.74, 6) is 2.98. The standard InChI is InChI=1S/C17H20N4O/c22-16(11-14-10-12-4-5-13(14)9-12)20-15-3-1-6-18-17(15)21-8-2-7-19-21/h1-3,6-8,12-14H,4-5,9-11H2,(H,20,22)/t12-,13-,14+/m0/s1. The summed E-state index contributed by atoms with van der Waals surface area (Å²) in [6.45, 7) is 0. The lowest BCUT2D eigenvalue weighted by Crippen LogP contribution is -2.21. The van der Waals surface area contributed by atoms with Gasteiger partial charge in [-0.1, -0.05) is 6.42 Å². The second-order valence-corrected chi connectivity index (χ2v) is 6.51. The van der Waals surface area contributed by atoms with E-state index in [4.69, 9.17) is 0 Å². The van der Waals surface area contributed by atoms with Crippen molar-refractivity contribution in [2.45, 2.75) is 32.1 Å². The SMILES string of the molecule is O=C(C[C@H]1C[C@H]2CC[C@H]1C2)Nc1cccnc1-n1cccn1. The van der Waals surface area contributed by atoms with Gasteiger partial charge in [-0.25, -0.2) is 9.67 Å². The first-order valence-electron chi connectivity index (χ1n) is 8.04. The minimum Gasteiger partial charge on any atom is -0.323 e. The van der Waals surface area contributed by atoms with Gasteiger partial charge in [-0.3, -0.25) is 4.79 Å². The topological polar surface area (TPSA) is 59.8 Å². The van der Waals surface area contributed by atoms with Gasteiger partial charge < -0.3 is 5.32 Å². The van der Waals surface area contributed by atoms with E-state index >= 15 is 0 Å². The van der Waals surface area contributed by atoms with E-state index in [9.17, 15) is 4.79 Å². The number of anilines is 1. The molecule has 2 aromatic heterocycles. The number of nitrogens with zero attached hydrogens (tertiary/aromatic N) is 3. The number of amides is 1. The number of carbonyl (C=O) groups excluding carboxylic acids is 1. The maximum atomic E-state index is 12.4. The third-order valence-electron chi connectivity index (χ3n) is 5.11. The van der Waals surface area contributed by atoms with E-state index in [1.807, 2.05) is 24.4 Å². The molecule has 114 valence electrons. The van der Waals surface area contributed by atoms with Gasteiger partial charge in [0.05, 0.1) is 5.69 Å². The highest BCUT2D eigenvalue weighted by atomic mass is 16.1. The monoisotopic (exact) mass is 296 g/mol. The summed E-state index contributed by atoms with van der Waals surface area (Å²) >= 11 is 0. The van der Waals surface area contributed by atoms with Gasteiger partial charge in [0, 0.05) is 25.0 Å². The van der Waals surface area contributed by atoms with Crippen molar-refractivity contribution in [2.75, 3.05) is 5.32 Å². The van der Waals surface area contributed by atoms with Crippen LogP contribution in [0, 0.1) is 17.8 Å². The van der Waals surface area contributed by atoms with Gasteiger partial charge in [-0.15, -0.1) is 0 Å². The number of fused-ring (bicyclic) bond motifs is 2. The maximum Gasteiger partial charge on any atom is 0.224 e. The van der Waals surface area contributed by atoms with Crippen LogP contribution in [0.3, 0.4) is 0 Å². The maximum absolute atomic E-state index is 12.4. The van der Waals surface area contributed by atoms with Crippen molar-refractivity contribution < 1.29 is 4.79 Å². The molecule has 4 rings (SSSR count). The molecule has 0 aliphatic heterocycles. The summed E-state index contributed by atoms with van der Waals surface area (Å²) in [6, 6.07) is 5.55. The van der Waals surface area contributed by atoms with E-state index in [1.165, 1.54) is 25.7 Å². The van der Waals surface area contributed by atoms with E-state index in [0.717, 1.165) is 17.5 Å². The Labute approximate surface area is 129 Å². The number of pyridine rings is 1. The highest BCUT2D eigenvalue weighted by molar-refractivity contribution is 5.92. The van der Waals surface area contributed by atoms with Gasteiger partial charge in [-0.2, -0.15) is 5.10 Å². The van der Waals surface area contributed by atoms with Gasteiger partial charge in [0.2, 0.25) is 5.91 Å². The predicted octanol–water partition coefficient (Wildman–Crippen LogP) is 3.03. The predicted molar refractivity (Wildman–Crippen MR) is 83.5 cm³/mol. The molecule has 1 N–H and O–H groups in total. The molecule has 3 atom stereocenters. The van der Waals surface area contributed by atoms with Crippen LogP contribution in [0.5, 0.6) is 0 Å². The number of aromatic nitrogens is 3. The molecule has 1 amide bonds. The normalized spacial score (nSPS) is 26.3. The van der Waals surface area contributed by atoms with Crippen molar-refractivity contribution in [1.29, 1.82) is 0 Å². The smallest absolute Gasteiger partial charge is 0.224 e. The van der Waals surface area contributed by atoms with Crippen molar-refractivity contribution in [3.05, 3.63) is 36.8 Å². The van der Waals surface area contributed by atoms with Crippen LogP contribution in [0.2, 0.25) is 0 Å². The van der Waals surface area contributed by atoms with Gasteiger partial charge in [0.15, 0.2) is 5.82 Å². The summed E-state index contributed by atoms with van der Waals surface area (Å²) in [4.78, 5) is 16.7. The number of hydrogen-bond acceptors (Lipinski definition) is 3. The molecule has 22 heavy (non-hydrogen) atoms. The molecule has 2 aromatic rings. The van der Waals surface area contributed by atoms with E-state index < -0.39 is 0 Å². The van der Waals surface area contributed by atoms with Crippen LogP contribution < -0.4 is 5.32 Å². The summed E-state index contributed by atoms with van der Waals surface area (Å²) < 4.78 is 1.67. The van der Waals surface area contributed by atoms with Crippen molar-refractivity contribution in [2.24, 2.45) is 17.8 Å². The van der Waals surface area contributed by atoms with Gasteiger partial charge in [-0.05, 0) is 55.2 Å². The lowest BCUT2D eigenvalue weighted by atomic mass is 9.86. The minimum atomic E-state index is 0.0963. The molecule has 5 nitrogen and oxygen atoms in total. The van der Waals surface area contributed by atoms with E-state index in [2.05, 4.69) is 15.4 Å². The molecule has 2 aliphatic carbocycles. The molecule has 0 unspecified atom stereocenters. The Balaban J connectivity index is 1.46. The summed E-state index contributed by atoms with van der Waals surface area (Å²) in [6.07, 6.45) is 11.1. The summed E-state index contributed by atoms with van der Waals surface area (Å²) in [5, 5.41) is 7.21. The average molecular weight is 296 g/mol. The van der Waals surface area contributed by atoms with E-state index in [-0.39, 0.29) is 5.91 Å². The molecular formula is C17H20N4O. The molecule has 0 saturated heterocycles. The lowest BCUT2D eigenvalue weighted by molar-refractivity contribution is -0.117. The second-order valence-electron chi connectivity index (χ2n) is 6.51. The molecule has 0 radical (unpaired) electrons. The molecule has 2 bridgehead atoms. The molecular weight excluding hydrogens is 276 g/mol. The molecule has 2 heterocycles. The quantitative estimate of drug-likeness (QED) is 0.943. The minimum absolute atomic E-state index is 0.0963. The van der Waals surface area contributed by atoms with Crippen molar-refractivity contribution in [3.8, 4) is 5.82 Å². The van der Waals surface area contributed by atoms with Crippen molar-refractivity contribution in [3.63, 3.8) is 0 Å². The molecule has 2 aliphatic rings. The Morgan fingerprint density at radius 3 is 2.95 bits per heavy atom. The Morgan fingerprint density at radius 1 is 1.27 bits per heavy atom. The van der Waals surface area contributed by atoms with Crippen molar-refractivity contribution >= 4 is 11.6 Å². The van der Waals surface area contributed by atoms with Gasteiger partial charge >= 0.3 is 0 Å². The van der Waals surface area contributed by atoms with Crippen LogP contribution >= 0.6 is 0 Å². The number of rotatable bonds is 4. The third-order valence-corrected chi connectivity index (χ3v) is 5.11. The fraction of sp³-hybridized carbons (Fsp3) is 0.471. The van der Waals surface area contributed by atoms with Crippen LogP contribution in [0.1, 0.15) is 32.1 Å². The lowest BCUT2D eigenvalue weighted by Gasteiger charge is -2.21. The van der Waals surface area contributed by atoms with Crippen molar-refractivity contribution in [1.82, 2.24) is 14.8 Å². The molecule has 0 spiro atoms. The van der Waals surface area contributed by atoms with E-state index in [1.54, 1.807) is 17.1 Å². The first-order chi connectivity index (χ1) is 10.8. The second kappa shape index (κ2) is 5.55. The highest BCUT2D eigenvalue weighted by Gasteiger charge is 2.40. The number of carbonyl (C=O) groups is 1. The fourth-order valence-electron chi connectivity index (χ4n) is 4.14. The molecule has 2 fully saturated rings. The largest absolute Gasteiger partial charge is 0.323 e. The zero-order valence-electron chi connectivity index (χ0n) is 12.5. The Kier molecular flexibility index (Phi) is 3.41. The first-order valence-corrected chi connectivity index (χ1v) is 8.04. The fourth-order valence-corrected chi connectivity index (χ4v) is 4.14. The van der Waals surface area contributed by atoms with Crippen LogP contribution in [0.25, 0.3) is 5.82 Å².